The predicted octanol–water partition coefficient (Wildman–Crippen LogP) is 6.69. The Labute approximate surface area is 207 Å². The molecule has 3 aromatic rings. The molecule has 4 rings (SSSR count). The van der Waals surface area contributed by atoms with Crippen LogP contribution in [0.2, 0.25) is 0 Å². The van der Waals surface area contributed by atoms with E-state index in [1.807, 2.05) is 25.3 Å². The van der Waals surface area contributed by atoms with E-state index in [2.05, 4.69) is 40.2 Å². The average molecular weight is 503 g/mol. The van der Waals surface area contributed by atoms with Crippen molar-refractivity contribution in [3.63, 3.8) is 0 Å². The quantitative estimate of drug-likeness (QED) is 0.304. The maximum Gasteiger partial charge on any atom is 0.503 e. The molecule has 0 aliphatic heterocycles. The smallest absolute Gasteiger partial charge is 0.450 e. The van der Waals surface area contributed by atoms with Gasteiger partial charge in [-0.15, -0.1) is 11.3 Å². The van der Waals surface area contributed by atoms with Crippen molar-refractivity contribution in [2.75, 3.05) is 5.32 Å². The first-order chi connectivity index (χ1) is 16.4. The van der Waals surface area contributed by atoms with E-state index >= 15 is 0 Å². The maximum absolute atomic E-state index is 13.6. The zero-order valence-corrected chi connectivity index (χ0v) is 21.1. The number of halogens is 1. The van der Waals surface area contributed by atoms with E-state index in [0.29, 0.717) is 11.6 Å². The van der Waals surface area contributed by atoms with Gasteiger partial charge in [0.05, 0.1) is 10.6 Å². The summed E-state index contributed by atoms with van der Waals surface area (Å²) in [4.78, 5) is 22.6. The number of anilines is 2. The second-order valence-corrected chi connectivity index (χ2v) is 10.7. The van der Waals surface area contributed by atoms with Crippen molar-refractivity contribution in [1.29, 1.82) is 0 Å². The second-order valence-electron chi connectivity index (χ2n) is 9.67. The summed E-state index contributed by atoms with van der Waals surface area (Å²) >= 11 is 1.55. The maximum atomic E-state index is 13.6. The van der Waals surface area contributed by atoms with Gasteiger partial charge >= 0.3 is 6.16 Å². The van der Waals surface area contributed by atoms with Crippen LogP contribution in [0.3, 0.4) is 0 Å². The molecule has 2 aromatic heterocycles. The standard InChI is InChI=1S/C24H29FN4OS.CH2O3/c1-15-10-17(12-18(11-15)28-22-26-9-6-19(29-22)16(2)25)20-13-27-21(31-20)24(30)8-5-7-23(3,4)14-24;2-1(3)4/h6,9-13,16,30H,5,7-8,14H2,1-4H3,(H,26,28,29);(H2,2,3,4)/t16-,24-;/m1./s1. The van der Waals surface area contributed by atoms with Crippen LogP contribution in [0.1, 0.15) is 68.9 Å². The number of benzene rings is 1. The molecule has 35 heavy (non-hydrogen) atoms. The lowest BCUT2D eigenvalue weighted by Gasteiger charge is -2.40. The van der Waals surface area contributed by atoms with Crippen molar-refractivity contribution in [2.24, 2.45) is 5.41 Å². The third-order valence-electron chi connectivity index (χ3n) is 5.82. The van der Waals surface area contributed by atoms with Gasteiger partial charge in [-0.2, -0.15) is 0 Å². The number of nitrogens with one attached hydrogen (secondary N) is 1. The summed E-state index contributed by atoms with van der Waals surface area (Å²) in [6, 6.07) is 7.68. The largest absolute Gasteiger partial charge is 0.503 e. The fraction of sp³-hybridized carbons (Fsp3) is 0.440. The van der Waals surface area contributed by atoms with Gasteiger partial charge in [-0.1, -0.05) is 19.9 Å². The van der Waals surface area contributed by atoms with Crippen molar-refractivity contribution in [3.8, 4) is 10.4 Å². The predicted molar refractivity (Wildman–Crippen MR) is 134 cm³/mol. The van der Waals surface area contributed by atoms with E-state index < -0.39 is 17.9 Å². The number of thiazole rings is 1. The van der Waals surface area contributed by atoms with Gasteiger partial charge in [-0.25, -0.2) is 24.1 Å². The van der Waals surface area contributed by atoms with Gasteiger partial charge in [0.2, 0.25) is 5.95 Å². The Balaban J connectivity index is 0.000000795. The minimum absolute atomic E-state index is 0.116. The van der Waals surface area contributed by atoms with Gasteiger partial charge in [0, 0.05) is 18.1 Å². The highest BCUT2D eigenvalue weighted by atomic mass is 32.1. The number of alkyl halides is 1. The molecule has 1 aliphatic rings. The number of rotatable bonds is 5. The number of nitrogens with zero attached hydrogens (tertiary/aromatic N) is 3. The van der Waals surface area contributed by atoms with Crippen LogP contribution in [0.15, 0.2) is 36.7 Å². The molecule has 2 heterocycles. The lowest BCUT2D eigenvalue weighted by molar-refractivity contribution is -0.0441. The Kier molecular flexibility index (Phi) is 8.07. The number of carboxylic acid groups (broad SMARTS) is 2. The summed E-state index contributed by atoms with van der Waals surface area (Å²) < 4.78 is 13.6. The first-order valence-corrected chi connectivity index (χ1v) is 12.2. The van der Waals surface area contributed by atoms with Crippen LogP contribution in [-0.4, -0.2) is 36.4 Å². The summed E-state index contributed by atoms with van der Waals surface area (Å²) in [5.41, 5.74) is 2.52. The summed E-state index contributed by atoms with van der Waals surface area (Å²) in [5, 5.41) is 29.2. The fourth-order valence-corrected chi connectivity index (χ4v) is 5.43. The molecule has 188 valence electrons. The van der Waals surface area contributed by atoms with Crippen LogP contribution >= 0.6 is 11.3 Å². The molecule has 4 N–H and O–H groups in total. The van der Waals surface area contributed by atoms with E-state index in [1.54, 1.807) is 23.6 Å². The summed E-state index contributed by atoms with van der Waals surface area (Å²) in [5.74, 6) is 0.363. The van der Waals surface area contributed by atoms with Crippen LogP contribution < -0.4 is 5.32 Å². The van der Waals surface area contributed by atoms with Crippen LogP contribution in [0.25, 0.3) is 10.4 Å². The molecule has 0 bridgehead atoms. The lowest BCUT2D eigenvalue weighted by Crippen LogP contribution is -2.36. The Morgan fingerprint density at radius 2 is 1.91 bits per heavy atom. The lowest BCUT2D eigenvalue weighted by atomic mass is 9.70. The Hall–Kier alpha value is -3.11. The number of hydrogen-bond acceptors (Lipinski definition) is 7. The van der Waals surface area contributed by atoms with Gasteiger partial charge < -0.3 is 20.6 Å². The second kappa shape index (κ2) is 10.7. The van der Waals surface area contributed by atoms with E-state index in [4.69, 9.17) is 15.0 Å². The van der Waals surface area contributed by atoms with Crippen LogP contribution in [0.5, 0.6) is 0 Å². The Morgan fingerprint density at radius 3 is 2.57 bits per heavy atom. The molecule has 1 fully saturated rings. The van der Waals surface area contributed by atoms with E-state index in [-0.39, 0.29) is 5.41 Å². The third kappa shape index (κ3) is 7.19. The molecule has 8 nitrogen and oxygen atoms in total. The highest BCUT2D eigenvalue weighted by molar-refractivity contribution is 7.15. The zero-order valence-electron chi connectivity index (χ0n) is 20.2. The first kappa shape index (κ1) is 26.5. The van der Waals surface area contributed by atoms with Crippen LogP contribution in [0.4, 0.5) is 20.8 Å². The minimum Gasteiger partial charge on any atom is -0.450 e. The van der Waals surface area contributed by atoms with Gasteiger partial charge in [0.25, 0.3) is 0 Å². The van der Waals surface area contributed by atoms with Crippen LogP contribution in [-0.2, 0) is 5.60 Å². The number of aryl methyl sites for hydroxylation is 1. The van der Waals surface area contributed by atoms with Gasteiger partial charge in [0.15, 0.2) is 0 Å². The SMILES string of the molecule is Cc1cc(Nc2nccc([C@@H](C)F)n2)cc(-c2cnc([C@@]3(O)CCCC(C)(C)C3)s2)c1.O=C(O)O. The molecule has 1 aliphatic carbocycles. The van der Waals surface area contributed by atoms with Crippen molar-refractivity contribution in [2.45, 2.75) is 65.2 Å². The number of aromatic nitrogens is 3. The topological polar surface area (TPSA) is 128 Å². The molecular formula is C25H31FN4O4S. The summed E-state index contributed by atoms with van der Waals surface area (Å²) in [6.45, 7) is 7.91. The van der Waals surface area contributed by atoms with E-state index in [0.717, 1.165) is 52.4 Å². The fourth-order valence-electron chi connectivity index (χ4n) is 4.41. The molecular weight excluding hydrogens is 471 g/mol. The zero-order chi connectivity index (χ0) is 25.8. The average Bonchev–Trinajstić information content (AvgIpc) is 3.24. The molecule has 0 amide bonds. The molecule has 10 heteroatoms. The minimum atomic E-state index is -1.83. The molecule has 1 aromatic carbocycles. The van der Waals surface area contributed by atoms with Crippen molar-refractivity contribution >= 4 is 29.1 Å². The molecule has 0 spiro atoms. The van der Waals surface area contributed by atoms with Gasteiger partial charge in [-0.3, -0.25) is 0 Å². The number of hydrogen-bond donors (Lipinski definition) is 4. The highest BCUT2D eigenvalue weighted by Gasteiger charge is 2.41. The third-order valence-corrected chi connectivity index (χ3v) is 7.06. The molecule has 1 saturated carbocycles. The summed E-state index contributed by atoms with van der Waals surface area (Å²) in [7, 11) is 0. The van der Waals surface area contributed by atoms with Crippen molar-refractivity contribution in [1.82, 2.24) is 15.0 Å². The first-order valence-electron chi connectivity index (χ1n) is 11.3. The van der Waals surface area contributed by atoms with Crippen molar-refractivity contribution < 1.29 is 24.5 Å². The van der Waals surface area contributed by atoms with E-state index in [1.165, 1.54) is 6.92 Å². The van der Waals surface area contributed by atoms with Gasteiger partial charge in [0.1, 0.15) is 16.8 Å². The monoisotopic (exact) mass is 502 g/mol. The molecule has 2 atom stereocenters. The normalized spacial score (nSPS) is 19.8. The number of carbonyl (C=O) groups is 1. The Bertz CT molecular complexity index is 1180. The van der Waals surface area contributed by atoms with Gasteiger partial charge in [-0.05, 0) is 74.3 Å². The Morgan fingerprint density at radius 1 is 1.20 bits per heavy atom. The van der Waals surface area contributed by atoms with Crippen LogP contribution in [0, 0.1) is 12.3 Å². The molecule has 0 radical (unpaired) electrons. The summed E-state index contributed by atoms with van der Waals surface area (Å²) in [6.07, 6.45) is 4.04. The molecule has 0 unspecified atom stereocenters. The van der Waals surface area contributed by atoms with E-state index in [9.17, 15) is 9.50 Å². The number of aliphatic hydroxyl groups is 1. The highest BCUT2D eigenvalue weighted by Crippen LogP contribution is 2.48. The molecule has 0 saturated heterocycles. The van der Waals surface area contributed by atoms with Crippen molar-refractivity contribution in [3.05, 3.63) is 52.9 Å².